The fourth-order valence-corrected chi connectivity index (χ4v) is 4.24. The van der Waals surface area contributed by atoms with Crippen molar-refractivity contribution in [2.75, 3.05) is 19.8 Å². The van der Waals surface area contributed by atoms with Gasteiger partial charge in [0.05, 0.1) is 22.8 Å². The van der Waals surface area contributed by atoms with E-state index in [1.54, 1.807) is 32.9 Å². The van der Waals surface area contributed by atoms with Crippen LogP contribution in [0.2, 0.25) is 0 Å². The van der Waals surface area contributed by atoms with E-state index in [1.807, 2.05) is 0 Å². The lowest BCUT2D eigenvalue weighted by molar-refractivity contribution is 0.0462. The summed E-state index contributed by atoms with van der Waals surface area (Å²) < 4.78 is 34.6. The number of sulfone groups is 1. The van der Waals surface area contributed by atoms with E-state index in [9.17, 15) is 23.4 Å². The number of aliphatic hydroxyl groups is 2. The van der Waals surface area contributed by atoms with Crippen LogP contribution >= 0.6 is 0 Å². The van der Waals surface area contributed by atoms with Crippen LogP contribution in [-0.4, -0.2) is 60.9 Å². The molecule has 1 fully saturated rings. The van der Waals surface area contributed by atoms with E-state index in [1.165, 1.54) is 12.1 Å². The molecule has 0 radical (unpaired) electrons. The van der Waals surface area contributed by atoms with Crippen LogP contribution in [0.15, 0.2) is 29.2 Å². The second-order valence-corrected chi connectivity index (χ2v) is 10.0. The van der Waals surface area contributed by atoms with E-state index in [0.717, 1.165) is 0 Å². The van der Waals surface area contributed by atoms with Crippen LogP contribution in [0, 0.1) is 0 Å². The topological polar surface area (TPSA) is 122 Å². The molecule has 2 rings (SSSR count). The molecule has 1 atom stereocenters. The van der Waals surface area contributed by atoms with Gasteiger partial charge in [-0.15, -0.1) is 0 Å². The fraction of sp³-hybridized carbons (Fsp3) is 0.611. The van der Waals surface area contributed by atoms with Gasteiger partial charge in [0.2, 0.25) is 0 Å². The van der Waals surface area contributed by atoms with Gasteiger partial charge in [-0.2, -0.15) is 0 Å². The van der Waals surface area contributed by atoms with Gasteiger partial charge in [-0.25, -0.2) is 13.2 Å². The SMILES string of the molecule is CC(C)(C)OC(=O)NCC(O)COc1cccc(S(=O)(=O)C2(CO)CC2)c1. The van der Waals surface area contributed by atoms with Gasteiger partial charge >= 0.3 is 6.09 Å². The van der Waals surface area contributed by atoms with Crippen LogP contribution in [0.1, 0.15) is 33.6 Å². The summed E-state index contributed by atoms with van der Waals surface area (Å²) in [6.07, 6.45) is -0.767. The first-order valence-corrected chi connectivity index (χ1v) is 10.2. The Morgan fingerprint density at radius 1 is 1.33 bits per heavy atom. The van der Waals surface area contributed by atoms with E-state index in [4.69, 9.17) is 9.47 Å². The highest BCUT2D eigenvalue weighted by Crippen LogP contribution is 2.46. The quantitative estimate of drug-likeness (QED) is 0.599. The Morgan fingerprint density at radius 3 is 2.56 bits per heavy atom. The zero-order valence-corrected chi connectivity index (χ0v) is 16.6. The van der Waals surface area contributed by atoms with E-state index in [2.05, 4.69) is 5.32 Å². The van der Waals surface area contributed by atoms with Crippen molar-refractivity contribution < 1.29 is 32.9 Å². The van der Waals surface area contributed by atoms with Crippen molar-refractivity contribution in [2.24, 2.45) is 0 Å². The van der Waals surface area contributed by atoms with Gasteiger partial charge in [-0.05, 0) is 51.8 Å². The summed E-state index contributed by atoms with van der Waals surface area (Å²) in [4.78, 5) is 11.6. The zero-order valence-electron chi connectivity index (χ0n) is 15.8. The molecule has 1 saturated carbocycles. The van der Waals surface area contributed by atoms with Gasteiger partial charge in [0, 0.05) is 0 Å². The highest BCUT2D eigenvalue weighted by atomic mass is 32.2. The number of amides is 1. The number of carbonyl (C=O) groups is 1. The van der Waals surface area contributed by atoms with Gasteiger partial charge in [0.1, 0.15) is 24.1 Å². The molecule has 1 aromatic rings. The molecule has 0 spiro atoms. The van der Waals surface area contributed by atoms with Gasteiger partial charge in [-0.3, -0.25) is 0 Å². The predicted molar refractivity (Wildman–Crippen MR) is 98.4 cm³/mol. The minimum absolute atomic E-state index is 0.0689. The predicted octanol–water partition coefficient (Wildman–Crippen LogP) is 1.25. The third-order valence-electron chi connectivity index (χ3n) is 4.10. The first-order valence-electron chi connectivity index (χ1n) is 8.72. The molecule has 0 saturated heterocycles. The molecule has 1 aromatic carbocycles. The molecule has 27 heavy (non-hydrogen) atoms. The summed E-state index contributed by atoms with van der Waals surface area (Å²) in [5, 5.41) is 21.7. The number of aliphatic hydroxyl groups excluding tert-OH is 2. The second kappa shape index (κ2) is 8.04. The molecule has 1 amide bonds. The Bertz CT molecular complexity index is 766. The van der Waals surface area contributed by atoms with Crippen molar-refractivity contribution in [3.05, 3.63) is 24.3 Å². The van der Waals surface area contributed by atoms with Crippen LogP contribution in [0.3, 0.4) is 0 Å². The molecule has 9 heteroatoms. The lowest BCUT2D eigenvalue weighted by Gasteiger charge is -2.20. The van der Waals surface area contributed by atoms with Gasteiger partial charge < -0.3 is 25.0 Å². The molecule has 0 bridgehead atoms. The average Bonchev–Trinajstić information content (AvgIpc) is 3.38. The number of ether oxygens (including phenoxy) is 2. The molecule has 3 N–H and O–H groups in total. The summed E-state index contributed by atoms with van der Waals surface area (Å²) in [5.74, 6) is 0.279. The lowest BCUT2D eigenvalue weighted by atomic mass is 10.2. The minimum atomic E-state index is -3.64. The maximum absolute atomic E-state index is 12.6. The maximum atomic E-state index is 12.6. The molecule has 0 heterocycles. The monoisotopic (exact) mass is 401 g/mol. The molecule has 152 valence electrons. The third-order valence-corrected chi connectivity index (χ3v) is 6.66. The summed E-state index contributed by atoms with van der Waals surface area (Å²) in [6, 6.07) is 5.95. The molecule has 8 nitrogen and oxygen atoms in total. The number of nitrogens with one attached hydrogen (secondary N) is 1. The first kappa shape index (κ1) is 21.5. The summed E-state index contributed by atoms with van der Waals surface area (Å²) in [6.45, 7) is 4.58. The fourth-order valence-electron chi connectivity index (χ4n) is 2.40. The summed E-state index contributed by atoms with van der Waals surface area (Å²) >= 11 is 0. The van der Waals surface area contributed by atoms with Gasteiger partial charge in [0.15, 0.2) is 9.84 Å². The number of hydrogen-bond acceptors (Lipinski definition) is 7. The Hall–Kier alpha value is -1.84. The maximum Gasteiger partial charge on any atom is 0.407 e. The summed E-state index contributed by atoms with van der Waals surface area (Å²) in [7, 11) is -3.64. The molecular formula is C18H27NO7S. The Kier molecular flexibility index (Phi) is 6.39. The highest BCUT2D eigenvalue weighted by molar-refractivity contribution is 7.93. The number of benzene rings is 1. The van der Waals surface area contributed by atoms with Crippen molar-refractivity contribution in [3.8, 4) is 5.75 Å². The normalized spacial score (nSPS) is 17.1. The van der Waals surface area contributed by atoms with Crippen LogP contribution in [0.4, 0.5) is 4.79 Å². The van der Waals surface area contributed by atoms with Crippen molar-refractivity contribution in [2.45, 2.75) is 55.0 Å². The van der Waals surface area contributed by atoms with E-state index >= 15 is 0 Å². The zero-order chi connectivity index (χ0) is 20.3. The number of rotatable bonds is 8. The molecule has 0 aromatic heterocycles. The van der Waals surface area contributed by atoms with Crippen molar-refractivity contribution >= 4 is 15.9 Å². The van der Waals surface area contributed by atoms with Crippen molar-refractivity contribution in [1.29, 1.82) is 0 Å². The molecule has 0 aliphatic heterocycles. The van der Waals surface area contributed by atoms with E-state index in [-0.39, 0.29) is 23.8 Å². The van der Waals surface area contributed by atoms with Crippen LogP contribution in [-0.2, 0) is 14.6 Å². The highest BCUT2D eigenvalue weighted by Gasteiger charge is 2.54. The Labute approximate surface area is 159 Å². The molecule has 1 aliphatic carbocycles. The molecular weight excluding hydrogens is 374 g/mol. The number of carbonyl (C=O) groups excluding carboxylic acids is 1. The van der Waals surface area contributed by atoms with Crippen LogP contribution < -0.4 is 10.1 Å². The number of alkyl carbamates (subject to hydrolysis) is 1. The van der Waals surface area contributed by atoms with Gasteiger partial charge in [0.25, 0.3) is 0 Å². The smallest absolute Gasteiger partial charge is 0.407 e. The second-order valence-electron chi connectivity index (χ2n) is 7.67. The van der Waals surface area contributed by atoms with Crippen molar-refractivity contribution in [3.63, 3.8) is 0 Å². The first-order chi connectivity index (χ1) is 12.5. The van der Waals surface area contributed by atoms with E-state index in [0.29, 0.717) is 12.8 Å². The molecule has 1 aliphatic rings. The lowest BCUT2D eigenvalue weighted by Crippen LogP contribution is -2.38. The largest absolute Gasteiger partial charge is 0.491 e. The molecule has 1 unspecified atom stereocenters. The summed E-state index contributed by atoms with van der Waals surface area (Å²) in [5.41, 5.74) is -0.634. The Balaban J connectivity index is 1.89. The average molecular weight is 401 g/mol. The number of hydrogen-bond donors (Lipinski definition) is 3. The minimum Gasteiger partial charge on any atom is -0.491 e. The van der Waals surface area contributed by atoms with Crippen LogP contribution in [0.5, 0.6) is 5.75 Å². The van der Waals surface area contributed by atoms with Crippen molar-refractivity contribution in [1.82, 2.24) is 5.32 Å². The third kappa shape index (κ3) is 5.57. The van der Waals surface area contributed by atoms with Crippen LogP contribution in [0.25, 0.3) is 0 Å². The van der Waals surface area contributed by atoms with Gasteiger partial charge in [-0.1, -0.05) is 6.07 Å². The van der Waals surface area contributed by atoms with E-state index < -0.39 is 39.0 Å². The standard InChI is InChI=1S/C18H27NO7S/c1-17(2,3)26-16(22)19-10-13(21)11-25-14-5-4-6-15(9-14)27(23,24)18(12-20)7-8-18/h4-6,9,13,20-21H,7-8,10-12H2,1-3H3,(H,19,22). The Morgan fingerprint density at radius 2 is 2.00 bits per heavy atom.